The Balaban J connectivity index is 2.23. The molecule has 2 aromatic rings. The maximum atomic E-state index is 12.7. The van der Waals surface area contributed by atoms with E-state index in [9.17, 15) is 18.0 Å². The maximum absolute atomic E-state index is 12.7. The maximum Gasteiger partial charge on any atom is 0.408 e. The number of carbonyl (C=O) groups excluding carboxylic acids is 1. The fourth-order valence-electron chi connectivity index (χ4n) is 1.69. The zero-order valence-electron chi connectivity index (χ0n) is 11.3. The van der Waals surface area contributed by atoms with Gasteiger partial charge in [-0.15, -0.1) is 11.3 Å². The van der Waals surface area contributed by atoms with Gasteiger partial charge in [0.25, 0.3) is 5.91 Å². The molecule has 0 aliphatic rings. The molecule has 0 spiro atoms. The Morgan fingerprint density at radius 1 is 1.50 bits per heavy atom. The van der Waals surface area contributed by atoms with Gasteiger partial charge in [-0.05, 0) is 18.6 Å². The Morgan fingerprint density at radius 3 is 2.77 bits per heavy atom. The minimum Gasteiger partial charge on any atom is -0.340 e. The van der Waals surface area contributed by atoms with E-state index in [0.717, 1.165) is 11.3 Å². The van der Waals surface area contributed by atoms with Crippen LogP contribution in [0.25, 0.3) is 10.6 Å². The first-order valence-electron chi connectivity index (χ1n) is 6.27. The third-order valence-corrected chi connectivity index (χ3v) is 4.30. The quantitative estimate of drug-likeness (QED) is 0.910. The molecule has 0 saturated carbocycles. The van der Waals surface area contributed by atoms with Crippen LogP contribution in [0.4, 0.5) is 13.2 Å². The molecule has 0 unspecified atom stereocenters. The van der Waals surface area contributed by atoms with Crippen LogP contribution in [0.1, 0.15) is 23.0 Å². The topological polar surface area (TPSA) is 54.9 Å². The second kappa shape index (κ2) is 6.62. The number of aromatic nitrogens is 2. The summed E-state index contributed by atoms with van der Waals surface area (Å²) in [5, 5.41) is 2.23. The van der Waals surface area contributed by atoms with Crippen molar-refractivity contribution in [1.82, 2.24) is 15.3 Å². The van der Waals surface area contributed by atoms with Gasteiger partial charge in [0.15, 0.2) is 5.15 Å². The molecule has 22 heavy (non-hydrogen) atoms. The van der Waals surface area contributed by atoms with Gasteiger partial charge in [0, 0.05) is 18.0 Å². The summed E-state index contributed by atoms with van der Waals surface area (Å²) >= 11 is 6.79. The number of hydrogen-bond acceptors (Lipinski definition) is 4. The predicted octanol–water partition coefficient (Wildman–Crippen LogP) is 3.93. The van der Waals surface area contributed by atoms with Gasteiger partial charge < -0.3 is 5.32 Å². The third kappa shape index (κ3) is 3.75. The van der Waals surface area contributed by atoms with E-state index in [0.29, 0.717) is 10.6 Å². The fourth-order valence-corrected chi connectivity index (χ4v) is 2.88. The number of halogens is 4. The normalized spacial score (nSPS) is 13.0. The highest BCUT2D eigenvalue weighted by molar-refractivity contribution is 7.17. The minimum absolute atomic E-state index is 0.0526. The molecule has 1 atom stereocenters. The number of pyridine rings is 1. The minimum atomic E-state index is -4.51. The van der Waals surface area contributed by atoms with Crippen molar-refractivity contribution in [2.75, 3.05) is 0 Å². The van der Waals surface area contributed by atoms with Gasteiger partial charge in [0.2, 0.25) is 0 Å². The van der Waals surface area contributed by atoms with E-state index in [4.69, 9.17) is 11.6 Å². The fraction of sp³-hybridized carbons (Fsp3) is 0.308. The van der Waals surface area contributed by atoms with Gasteiger partial charge in [-0.3, -0.25) is 9.78 Å². The molecule has 0 aromatic carbocycles. The molecule has 2 heterocycles. The van der Waals surface area contributed by atoms with Crippen LogP contribution in [0, 0.1) is 0 Å². The molecular formula is C13H11ClF3N3OS. The van der Waals surface area contributed by atoms with Gasteiger partial charge in [0.05, 0.1) is 0 Å². The van der Waals surface area contributed by atoms with Crippen LogP contribution in [0.3, 0.4) is 0 Å². The smallest absolute Gasteiger partial charge is 0.340 e. The van der Waals surface area contributed by atoms with Crippen LogP contribution >= 0.6 is 22.9 Å². The van der Waals surface area contributed by atoms with Crippen LogP contribution in [-0.4, -0.2) is 28.1 Å². The lowest BCUT2D eigenvalue weighted by molar-refractivity contribution is -0.153. The molecule has 118 valence electrons. The summed E-state index contributed by atoms with van der Waals surface area (Å²) < 4.78 is 38.1. The van der Waals surface area contributed by atoms with Crippen molar-refractivity contribution in [1.29, 1.82) is 0 Å². The van der Waals surface area contributed by atoms with Crippen LogP contribution in [0.5, 0.6) is 0 Å². The van der Waals surface area contributed by atoms with Crippen molar-refractivity contribution in [3.8, 4) is 10.6 Å². The zero-order valence-corrected chi connectivity index (χ0v) is 12.9. The van der Waals surface area contributed by atoms with E-state index in [2.05, 4.69) is 9.97 Å². The molecule has 0 fully saturated rings. The number of amides is 1. The molecule has 4 nitrogen and oxygen atoms in total. The van der Waals surface area contributed by atoms with E-state index in [-0.39, 0.29) is 16.5 Å². The van der Waals surface area contributed by atoms with Gasteiger partial charge in [-0.25, -0.2) is 4.98 Å². The van der Waals surface area contributed by atoms with E-state index < -0.39 is 18.1 Å². The van der Waals surface area contributed by atoms with Crippen molar-refractivity contribution < 1.29 is 18.0 Å². The number of hydrogen-bond donors (Lipinski definition) is 1. The summed E-state index contributed by atoms with van der Waals surface area (Å²) in [4.78, 5) is 19.8. The summed E-state index contributed by atoms with van der Waals surface area (Å²) in [6.07, 6.45) is -1.67. The molecular weight excluding hydrogens is 339 g/mol. The summed E-state index contributed by atoms with van der Waals surface area (Å²) in [6.45, 7) is 1.34. The number of nitrogens with zero attached hydrogens (tertiary/aromatic N) is 2. The van der Waals surface area contributed by atoms with E-state index >= 15 is 0 Å². The lowest BCUT2D eigenvalue weighted by Crippen LogP contribution is -2.44. The van der Waals surface area contributed by atoms with Crippen molar-refractivity contribution in [3.63, 3.8) is 0 Å². The predicted molar refractivity (Wildman–Crippen MR) is 78.0 cm³/mol. The van der Waals surface area contributed by atoms with Crippen molar-refractivity contribution in [2.24, 2.45) is 0 Å². The third-order valence-electron chi connectivity index (χ3n) is 2.81. The average Bonchev–Trinajstić information content (AvgIpc) is 2.86. The standard InChI is InChI=1S/C13H11ClF3N3OS/c1-2-8(13(15,16)17)19-11(21)9-10(14)20-12(22-9)7-4-3-5-18-6-7/h3-6,8H,2H2,1H3,(H,19,21)/t8-/m0/s1. The Morgan fingerprint density at radius 2 is 2.23 bits per heavy atom. The van der Waals surface area contributed by atoms with Crippen molar-refractivity contribution >= 4 is 28.8 Å². The summed E-state index contributed by atoms with van der Waals surface area (Å²) in [7, 11) is 0. The van der Waals surface area contributed by atoms with Crippen LogP contribution in [-0.2, 0) is 0 Å². The summed E-state index contributed by atoms with van der Waals surface area (Å²) in [5.41, 5.74) is 0.635. The molecule has 0 aliphatic heterocycles. The summed E-state index contributed by atoms with van der Waals surface area (Å²) in [6, 6.07) is 1.48. The second-order valence-electron chi connectivity index (χ2n) is 4.36. The lowest BCUT2D eigenvalue weighted by atomic mass is 10.2. The number of carbonyl (C=O) groups is 1. The Hall–Kier alpha value is -1.67. The second-order valence-corrected chi connectivity index (χ2v) is 5.71. The largest absolute Gasteiger partial charge is 0.408 e. The van der Waals surface area contributed by atoms with Gasteiger partial charge in [0.1, 0.15) is 15.9 Å². The molecule has 0 saturated heterocycles. The van der Waals surface area contributed by atoms with Crippen LogP contribution < -0.4 is 5.32 Å². The highest BCUT2D eigenvalue weighted by Gasteiger charge is 2.39. The molecule has 9 heteroatoms. The first-order valence-corrected chi connectivity index (χ1v) is 7.46. The van der Waals surface area contributed by atoms with E-state index in [1.165, 1.54) is 13.1 Å². The average molecular weight is 350 g/mol. The molecule has 0 bridgehead atoms. The molecule has 0 aliphatic carbocycles. The molecule has 1 amide bonds. The van der Waals surface area contributed by atoms with Gasteiger partial charge in [-0.2, -0.15) is 13.2 Å². The molecule has 2 aromatic heterocycles. The number of alkyl halides is 3. The zero-order chi connectivity index (χ0) is 16.3. The number of rotatable bonds is 4. The first-order chi connectivity index (χ1) is 10.3. The molecule has 2 rings (SSSR count). The highest BCUT2D eigenvalue weighted by atomic mass is 35.5. The summed E-state index contributed by atoms with van der Waals surface area (Å²) in [5.74, 6) is -0.887. The van der Waals surface area contributed by atoms with Crippen LogP contribution in [0.15, 0.2) is 24.5 Å². The SMILES string of the molecule is CC[C@H](NC(=O)c1sc(-c2cccnc2)nc1Cl)C(F)(F)F. The van der Waals surface area contributed by atoms with Gasteiger partial charge >= 0.3 is 6.18 Å². The van der Waals surface area contributed by atoms with Crippen LogP contribution in [0.2, 0.25) is 5.15 Å². The number of nitrogens with one attached hydrogen (secondary N) is 1. The highest BCUT2D eigenvalue weighted by Crippen LogP contribution is 2.31. The van der Waals surface area contributed by atoms with Crippen molar-refractivity contribution in [3.05, 3.63) is 34.6 Å². The van der Waals surface area contributed by atoms with E-state index in [1.54, 1.807) is 18.3 Å². The Kier molecular flexibility index (Phi) is 5.02. The first kappa shape index (κ1) is 16.7. The Labute approximate surface area is 133 Å². The molecule has 1 N–H and O–H groups in total. The number of thiazole rings is 1. The van der Waals surface area contributed by atoms with E-state index in [1.807, 2.05) is 5.32 Å². The van der Waals surface area contributed by atoms with Gasteiger partial charge in [-0.1, -0.05) is 18.5 Å². The lowest BCUT2D eigenvalue weighted by Gasteiger charge is -2.19. The van der Waals surface area contributed by atoms with Crippen molar-refractivity contribution in [2.45, 2.75) is 25.6 Å². The Bertz CT molecular complexity index is 660. The molecule has 0 radical (unpaired) electrons. The monoisotopic (exact) mass is 349 g/mol.